The number of halogens is 1. The SMILES string of the molecule is O=C(N/N=C/c1ccc(O)cc1)C(=O)Nc1ccc(F)cc1. The summed E-state index contributed by atoms with van der Waals surface area (Å²) in [6.45, 7) is 0. The van der Waals surface area contributed by atoms with E-state index in [0.29, 0.717) is 11.3 Å². The zero-order valence-corrected chi connectivity index (χ0v) is 11.3. The molecule has 0 saturated heterocycles. The number of phenolic OH excluding ortho intramolecular Hbond substituents is 1. The van der Waals surface area contributed by atoms with Crippen molar-refractivity contribution in [3.63, 3.8) is 0 Å². The Balaban J connectivity index is 1.87. The Labute approximate surface area is 125 Å². The maximum atomic E-state index is 12.7. The lowest BCUT2D eigenvalue weighted by atomic mass is 10.2. The molecule has 0 heterocycles. The molecule has 0 aromatic heterocycles. The van der Waals surface area contributed by atoms with Crippen molar-refractivity contribution in [2.75, 3.05) is 5.32 Å². The normalized spacial score (nSPS) is 10.4. The average Bonchev–Trinajstić information content (AvgIpc) is 2.51. The van der Waals surface area contributed by atoms with Crippen LogP contribution in [0, 0.1) is 5.82 Å². The van der Waals surface area contributed by atoms with Gasteiger partial charge in [0.15, 0.2) is 0 Å². The van der Waals surface area contributed by atoms with Crippen LogP contribution in [0.1, 0.15) is 5.56 Å². The van der Waals surface area contributed by atoms with Crippen LogP contribution in [0.5, 0.6) is 5.75 Å². The second-order valence-electron chi connectivity index (χ2n) is 4.25. The maximum absolute atomic E-state index is 12.7. The Morgan fingerprint density at radius 3 is 2.27 bits per heavy atom. The lowest BCUT2D eigenvalue weighted by molar-refractivity contribution is -0.136. The predicted octanol–water partition coefficient (Wildman–Crippen LogP) is 1.62. The molecule has 0 radical (unpaired) electrons. The van der Waals surface area contributed by atoms with Crippen LogP contribution in [-0.2, 0) is 9.59 Å². The Bertz CT molecular complexity index is 697. The van der Waals surface area contributed by atoms with Crippen molar-refractivity contribution in [1.82, 2.24) is 5.43 Å². The molecule has 0 aliphatic carbocycles. The minimum absolute atomic E-state index is 0.111. The molecule has 7 heteroatoms. The molecule has 6 nitrogen and oxygen atoms in total. The Hall–Kier alpha value is -3.22. The van der Waals surface area contributed by atoms with Gasteiger partial charge in [-0.3, -0.25) is 9.59 Å². The largest absolute Gasteiger partial charge is 0.508 e. The summed E-state index contributed by atoms with van der Waals surface area (Å²) < 4.78 is 12.7. The summed E-state index contributed by atoms with van der Waals surface area (Å²) in [6, 6.07) is 11.1. The van der Waals surface area contributed by atoms with Crippen molar-refractivity contribution < 1.29 is 19.1 Å². The molecular formula is C15H12FN3O3. The van der Waals surface area contributed by atoms with E-state index in [9.17, 15) is 14.0 Å². The first-order chi connectivity index (χ1) is 10.5. The summed E-state index contributed by atoms with van der Waals surface area (Å²) in [5.74, 6) is -2.21. The van der Waals surface area contributed by atoms with Gasteiger partial charge in [-0.1, -0.05) is 0 Å². The lowest BCUT2D eigenvalue weighted by Crippen LogP contribution is -2.32. The van der Waals surface area contributed by atoms with E-state index >= 15 is 0 Å². The monoisotopic (exact) mass is 301 g/mol. The number of nitrogens with one attached hydrogen (secondary N) is 2. The minimum Gasteiger partial charge on any atom is -0.508 e. The minimum atomic E-state index is -0.959. The quantitative estimate of drug-likeness (QED) is 0.457. The molecule has 2 aromatic rings. The molecule has 2 aromatic carbocycles. The third-order valence-electron chi connectivity index (χ3n) is 2.58. The first kappa shape index (κ1) is 15.2. The summed E-state index contributed by atoms with van der Waals surface area (Å²) >= 11 is 0. The second-order valence-corrected chi connectivity index (χ2v) is 4.25. The van der Waals surface area contributed by atoms with Crippen molar-refractivity contribution in [3.8, 4) is 5.75 Å². The van der Waals surface area contributed by atoms with Gasteiger partial charge in [-0.2, -0.15) is 5.10 Å². The Kier molecular flexibility index (Phi) is 4.81. The van der Waals surface area contributed by atoms with Gasteiger partial charge in [-0.25, -0.2) is 9.82 Å². The van der Waals surface area contributed by atoms with Gasteiger partial charge in [0.05, 0.1) is 6.21 Å². The van der Waals surface area contributed by atoms with E-state index in [0.717, 1.165) is 12.1 Å². The van der Waals surface area contributed by atoms with Crippen molar-refractivity contribution in [2.24, 2.45) is 5.10 Å². The molecular weight excluding hydrogens is 289 g/mol. The van der Waals surface area contributed by atoms with Gasteiger partial charge in [0.1, 0.15) is 11.6 Å². The third kappa shape index (κ3) is 4.41. The number of aromatic hydroxyl groups is 1. The van der Waals surface area contributed by atoms with E-state index in [-0.39, 0.29) is 5.75 Å². The molecule has 0 aliphatic rings. The standard InChI is InChI=1S/C15H12FN3O3/c16-11-3-5-12(6-4-11)18-14(21)15(22)19-17-9-10-1-7-13(20)8-2-10/h1-9,20H,(H,18,21)(H,19,22)/b17-9+. The highest BCUT2D eigenvalue weighted by molar-refractivity contribution is 6.39. The van der Waals surface area contributed by atoms with Crippen molar-refractivity contribution >= 4 is 23.7 Å². The summed E-state index contributed by atoms with van der Waals surface area (Å²) in [5, 5.41) is 15.0. The van der Waals surface area contributed by atoms with Crippen molar-refractivity contribution in [2.45, 2.75) is 0 Å². The zero-order chi connectivity index (χ0) is 15.9. The fourth-order valence-corrected chi connectivity index (χ4v) is 1.50. The first-order valence-corrected chi connectivity index (χ1v) is 6.23. The summed E-state index contributed by atoms with van der Waals surface area (Å²) in [4.78, 5) is 23.1. The number of phenols is 1. The van der Waals surface area contributed by atoms with Crippen LogP contribution in [0.15, 0.2) is 53.6 Å². The fraction of sp³-hybridized carbons (Fsp3) is 0. The third-order valence-corrected chi connectivity index (χ3v) is 2.58. The number of carbonyl (C=O) groups is 2. The van der Waals surface area contributed by atoms with Crippen LogP contribution in [0.4, 0.5) is 10.1 Å². The molecule has 112 valence electrons. The van der Waals surface area contributed by atoms with Gasteiger partial charge in [-0.05, 0) is 54.1 Å². The Morgan fingerprint density at radius 1 is 1.00 bits per heavy atom. The number of nitrogens with zero attached hydrogens (tertiary/aromatic N) is 1. The van der Waals surface area contributed by atoms with Gasteiger partial charge in [-0.15, -0.1) is 0 Å². The van der Waals surface area contributed by atoms with E-state index < -0.39 is 17.6 Å². The highest BCUT2D eigenvalue weighted by atomic mass is 19.1. The van der Waals surface area contributed by atoms with E-state index in [1.807, 2.05) is 0 Å². The van der Waals surface area contributed by atoms with Crippen LogP contribution in [0.2, 0.25) is 0 Å². The molecule has 3 N–H and O–H groups in total. The highest BCUT2D eigenvalue weighted by Gasteiger charge is 2.12. The van der Waals surface area contributed by atoms with Crippen LogP contribution in [0.25, 0.3) is 0 Å². The lowest BCUT2D eigenvalue weighted by Gasteiger charge is -2.03. The van der Waals surface area contributed by atoms with Crippen LogP contribution in [0.3, 0.4) is 0 Å². The van der Waals surface area contributed by atoms with Crippen molar-refractivity contribution in [3.05, 3.63) is 59.9 Å². The number of anilines is 1. The molecule has 2 amide bonds. The van der Waals surface area contributed by atoms with Crippen LogP contribution in [-0.4, -0.2) is 23.1 Å². The molecule has 0 bridgehead atoms. The molecule has 0 spiro atoms. The molecule has 22 heavy (non-hydrogen) atoms. The van der Waals surface area contributed by atoms with Crippen LogP contribution < -0.4 is 10.7 Å². The number of hydrazone groups is 1. The van der Waals surface area contributed by atoms with Crippen LogP contribution >= 0.6 is 0 Å². The van der Waals surface area contributed by atoms with Gasteiger partial charge in [0.25, 0.3) is 0 Å². The molecule has 0 fully saturated rings. The van der Waals surface area contributed by atoms with E-state index in [2.05, 4.69) is 15.8 Å². The number of rotatable bonds is 3. The number of carbonyl (C=O) groups excluding carboxylic acids is 2. The highest BCUT2D eigenvalue weighted by Crippen LogP contribution is 2.08. The summed E-state index contributed by atoms with van der Waals surface area (Å²) in [6.07, 6.45) is 1.32. The first-order valence-electron chi connectivity index (χ1n) is 6.23. The molecule has 0 saturated carbocycles. The van der Waals surface area contributed by atoms with Gasteiger partial charge in [0, 0.05) is 5.69 Å². The van der Waals surface area contributed by atoms with E-state index in [1.165, 1.54) is 30.5 Å². The smallest absolute Gasteiger partial charge is 0.329 e. The van der Waals surface area contributed by atoms with Gasteiger partial charge >= 0.3 is 11.8 Å². The number of hydrogen-bond acceptors (Lipinski definition) is 4. The van der Waals surface area contributed by atoms with E-state index in [1.54, 1.807) is 12.1 Å². The molecule has 0 unspecified atom stereocenters. The number of benzene rings is 2. The predicted molar refractivity (Wildman–Crippen MR) is 78.9 cm³/mol. The van der Waals surface area contributed by atoms with Gasteiger partial charge in [0.2, 0.25) is 0 Å². The maximum Gasteiger partial charge on any atom is 0.329 e. The van der Waals surface area contributed by atoms with Gasteiger partial charge < -0.3 is 10.4 Å². The average molecular weight is 301 g/mol. The summed E-state index contributed by atoms with van der Waals surface area (Å²) in [5.41, 5.74) is 2.99. The Morgan fingerprint density at radius 2 is 1.64 bits per heavy atom. The molecule has 0 aliphatic heterocycles. The molecule has 2 rings (SSSR count). The zero-order valence-electron chi connectivity index (χ0n) is 11.3. The molecule has 0 atom stereocenters. The number of amides is 2. The fourth-order valence-electron chi connectivity index (χ4n) is 1.50. The number of hydrogen-bond donors (Lipinski definition) is 3. The summed E-state index contributed by atoms with van der Waals surface area (Å²) in [7, 11) is 0. The topological polar surface area (TPSA) is 90.8 Å². The van der Waals surface area contributed by atoms with Crippen molar-refractivity contribution in [1.29, 1.82) is 0 Å². The van der Waals surface area contributed by atoms with E-state index in [4.69, 9.17) is 5.11 Å². The second kappa shape index (κ2) is 6.98.